The maximum Gasteiger partial charge on any atom is 0.0721 e. The maximum atomic E-state index is 5.73. The van der Waals surface area contributed by atoms with E-state index in [1.807, 2.05) is 18.2 Å². The molecule has 1 atom stereocenters. The van der Waals surface area contributed by atoms with Crippen molar-refractivity contribution < 1.29 is 0 Å². The van der Waals surface area contributed by atoms with Crippen molar-refractivity contribution in [3.8, 4) is 0 Å². The normalized spacial score (nSPS) is 12.7. The number of rotatable bonds is 4. The summed E-state index contributed by atoms with van der Waals surface area (Å²) in [6.45, 7) is 4.39. The summed E-state index contributed by atoms with van der Waals surface area (Å²) in [6, 6.07) is 16.7. The number of nitrogens with one attached hydrogen (secondary N) is 1. The predicted molar refractivity (Wildman–Crippen MR) is 83.8 cm³/mol. The van der Waals surface area contributed by atoms with Crippen molar-refractivity contribution in [1.29, 1.82) is 0 Å². The highest BCUT2D eigenvalue weighted by Crippen LogP contribution is 2.28. The lowest BCUT2D eigenvalue weighted by atomic mass is 9.96. The number of halogens is 1. The molecule has 0 aromatic heterocycles. The monoisotopic (exact) mass is 318 g/mol. The van der Waals surface area contributed by atoms with Crippen LogP contribution in [0.3, 0.4) is 0 Å². The van der Waals surface area contributed by atoms with E-state index in [0.717, 1.165) is 10.0 Å². The second kappa shape index (κ2) is 6.33. The van der Waals surface area contributed by atoms with Crippen molar-refractivity contribution >= 4 is 15.9 Å². The Morgan fingerprint density at radius 2 is 1.53 bits per heavy atom. The van der Waals surface area contributed by atoms with Gasteiger partial charge in [-0.05, 0) is 28.7 Å². The summed E-state index contributed by atoms with van der Waals surface area (Å²) in [7, 11) is 0. The molecular weight excluding hydrogens is 300 g/mol. The van der Waals surface area contributed by atoms with Gasteiger partial charge in [-0.15, -0.1) is 0 Å². The van der Waals surface area contributed by atoms with Crippen molar-refractivity contribution in [3.05, 3.63) is 69.7 Å². The van der Waals surface area contributed by atoms with Crippen molar-refractivity contribution in [3.63, 3.8) is 0 Å². The van der Waals surface area contributed by atoms with Crippen molar-refractivity contribution in [1.82, 2.24) is 5.43 Å². The Bertz CT molecular complexity index is 535. The standard InChI is InChI=1S/C16H19BrN2/c1-11(2)12-7-9-13(10-8-12)16(19-18)14-5-3-4-6-15(14)17/h3-11,16,19H,18H2,1-2H3. The van der Waals surface area contributed by atoms with E-state index in [1.165, 1.54) is 11.1 Å². The van der Waals surface area contributed by atoms with Gasteiger partial charge in [-0.25, -0.2) is 5.43 Å². The van der Waals surface area contributed by atoms with E-state index in [1.54, 1.807) is 0 Å². The molecule has 0 aliphatic heterocycles. The quantitative estimate of drug-likeness (QED) is 0.657. The summed E-state index contributed by atoms with van der Waals surface area (Å²) >= 11 is 3.58. The first-order valence-corrected chi connectivity index (χ1v) is 7.23. The number of hydrogen-bond donors (Lipinski definition) is 2. The molecule has 0 radical (unpaired) electrons. The van der Waals surface area contributed by atoms with E-state index in [9.17, 15) is 0 Å². The fourth-order valence-corrected chi connectivity index (χ4v) is 2.66. The van der Waals surface area contributed by atoms with Gasteiger partial charge in [-0.3, -0.25) is 5.84 Å². The molecule has 0 spiro atoms. The van der Waals surface area contributed by atoms with Crippen LogP contribution in [0.2, 0.25) is 0 Å². The Balaban J connectivity index is 2.35. The van der Waals surface area contributed by atoms with Crippen LogP contribution in [-0.2, 0) is 0 Å². The minimum absolute atomic E-state index is 0.00297. The third-order valence-corrected chi connectivity index (χ3v) is 4.04. The van der Waals surface area contributed by atoms with Crippen molar-refractivity contribution in [2.75, 3.05) is 0 Å². The Morgan fingerprint density at radius 3 is 2.05 bits per heavy atom. The lowest BCUT2D eigenvalue weighted by Gasteiger charge is -2.19. The van der Waals surface area contributed by atoms with Gasteiger partial charge in [-0.1, -0.05) is 72.2 Å². The highest BCUT2D eigenvalue weighted by atomic mass is 79.9. The SMILES string of the molecule is CC(C)c1ccc(C(NN)c2ccccc2Br)cc1. The third-order valence-electron chi connectivity index (χ3n) is 3.32. The minimum atomic E-state index is -0.00297. The smallest absolute Gasteiger partial charge is 0.0721 e. The van der Waals surface area contributed by atoms with Gasteiger partial charge in [-0.2, -0.15) is 0 Å². The first kappa shape index (κ1) is 14.3. The summed E-state index contributed by atoms with van der Waals surface area (Å²) < 4.78 is 1.06. The molecule has 0 bridgehead atoms. The van der Waals surface area contributed by atoms with Gasteiger partial charge in [0.2, 0.25) is 0 Å². The highest BCUT2D eigenvalue weighted by Gasteiger charge is 2.14. The summed E-state index contributed by atoms with van der Waals surface area (Å²) in [5, 5.41) is 0. The van der Waals surface area contributed by atoms with Gasteiger partial charge in [0.25, 0.3) is 0 Å². The predicted octanol–water partition coefficient (Wildman–Crippen LogP) is 4.13. The molecule has 0 saturated carbocycles. The topological polar surface area (TPSA) is 38.0 Å². The third kappa shape index (κ3) is 3.24. The van der Waals surface area contributed by atoms with Crippen LogP contribution in [0.1, 0.15) is 42.5 Å². The van der Waals surface area contributed by atoms with Gasteiger partial charge in [0.15, 0.2) is 0 Å². The van der Waals surface area contributed by atoms with Crippen LogP contribution >= 0.6 is 15.9 Å². The van der Waals surface area contributed by atoms with Crippen LogP contribution in [0.5, 0.6) is 0 Å². The van der Waals surface area contributed by atoms with E-state index < -0.39 is 0 Å². The molecule has 2 rings (SSSR count). The molecule has 2 nitrogen and oxygen atoms in total. The molecule has 3 heteroatoms. The van der Waals surface area contributed by atoms with Gasteiger partial charge < -0.3 is 0 Å². The molecule has 0 saturated heterocycles. The van der Waals surface area contributed by atoms with Crippen LogP contribution in [0, 0.1) is 0 Å². The zero-order valence-corrected chi connectivity index (χ0v) is 12.8. The zero-order chi connectivity index (χ0) is 13.8. The fraction of sp³-hybridized carbons (Fsp3) is 0.250. The Kier molecular flexibility index (Phi) is 4.75. The Morgan fingerprint density at radius 1 is 0.947 bits per heavy atom. The molecule has 19 heavy (non-hydrogen) atoms. The Hall–Kier alpha value is -1.16. The van der Waals surface area contributed by atoms with E-state index in [4.69, 9.17) is 5.84 Å². The van der Waals surface area contributed by atoms with E-state index in [2.05, 4.69) is 65.5 Å². The minimum Gasteiger partial charge on any atom is -0.271 e. The molecule has 1 unspecified atom stereocenters. The van der Waals surface area contributed by atoms with Crippen LogP contribution in [0.15, 0.2) is 53.0 Å². The summed E-state index contributed by atoms with van der Waals surface area (Å²) in [4.78, 5) is 0. The largest absolute Gasteiger partial charge is 0.271 e. The average Bonchev–Trinajstić information content (AvgIpc) is 2.42. The second-order valence-electron chi connectivity index (χ2n) is 4.94. The van der Waals surface area contributed by atoms with Crippen LogP contribution in [0.4, 0.5) is 0 Å². The molecule has 0 amide bonds. The Labute approximate surface area is 123 Å². The van der Waals surface area contributed by atoms with Crippen molar-refractivity contribution in [2.24, 2.45) is 5.84 Å². The van der Waals surface area contributed by atoms with Gasteiger partial charge >= 0.3 is 0 Å². The summed E-state index contributed by atoms with van der Waals surface area (Å²) in [5.74, 6) is 6.28. The maximum absolute atomic E-state index is 5.73. The van der Waals surface area contributed by atoms with E-state index in [-0.39, 0.29) is 6.04 Å². The van der Waals surface area contributed by atoms with E-state index >= 15 is 0 Å². The highest BCUT2D eigenvalue weighted by molar-refractivity contribution is 9.10. The second-order valence-corrected chi connectivity index (χ2v) is 5.80. The summed E-state index contributed by atoms with van der Waals surface area (Å²) in [6.07, 6.45) is 0. The first-order valence-electron chi connectivity index (χ1n) is 6.44. The molecular formula is C16H19BrN2. The van der Waals surface area contributed by atoms with Crippen molar-refractivity contribution in [2.45, 2.75) is 25.8 Å². The van der Waals surface area contributed by atoms with E-state index in [0.29, 0.717) is 5.92 Å². The van der Waals surface area contributed by atoms with Crippen LogP contribution < -0.4 is 11.3 Å². The molecule has 3 N–H and O–H groups in total. The molecule has 2 aromatic carbocycles. The first-order chi connectivity index (χ1) is 9.13. The number of benzene rings is 2. The number of nitrogens with two attached hydrogens (primary N) is 1. The van der Waals surface area contributed by atoms with Gasteiger partial charge in [0, 0.05) is 4.47 Å². The van der Waals surface area contributed by atoms with Crippen LogP contribution in [-0.4, -0.2) is 0 Å². The number of hydrogen-bond acceptors (Lipinski definition) is 2. The van der Waals surface area contributed by atoms with Gasteiger partial charge in [0.05, 0.1) is 6.04 Å². The fourth-order valence-electron chi connectivity index (χ4n) is 2.15. The van der Waals surface area contributed by atoms with Gasteiger partial charge in [0.1, 0.15) is 0 Å². The number of hydrazine groups is 1. The molecule has 0 heterocycles. The zero-order valence-electron chi connectivity index (χ0n) is 11.2. The molecule has 100 valence electrons. The lowest BCUT2D eigenvalue weighted by Crippen LogP contribution is -2.29. The molecule has 0 fully saturated rings. The lowest BCUT2D eigenvalue weighted by molar-refractivity contribution is 0.634. The molecule has 0 aliphatic carbocycles. The van der Waals surface area contributed by atoms with Crippen LogP contribution in [0.25, 0.3) is 0 Å². The average molecular weight is 319 g/mol. The summed E-state index contributed by atoms with van der Waals surface area (Å²) in [5.41, 5.74) is 6.54. The molecule has 0 aliphatic rings. The molecule has 2 aromatic rings.